The molecule has 0 aliphatic carbocycles. The van der Waals surface area contributed by atoms with Gasteiger partial charge in [0.05, 0.1) is 0 Å². The zero-order chi connectivity index (χ0) is 13.1. The maximum Gasteiger partial charge on any atom is 1.00 e. The molecule has 0 saturated carbocycles. The molecule has 0 spiro atoms. The fourth-order valence-electron chi connectivity index (χ4n) is 1.05. The Morgan fingerprint density at radius 1 is 1.00 bits per heavy atom. The Labute approximate surface area is 177 Å². The van der Waals surface area contributed by atoms with E-state index >= 15 is 0 Å². The Morgan fingerprint density at radius 3 is 1.26 bits per heavy atom. The van der Waals surface area contributed by atoms with E-state index < -0.39 is 14.8 Å². The Balaban J connectivity index is -0.0000000854. The summed E-state index contributed by atoms with van der Waals surface area (Å²) in [5.74, 6) is 0. The third kappa shape index (κ3) is 17.9. The molecule has 0 nitrogen and oxygen atoms in total. The molecule has 0 aromatic heterocycles. The van der Waals surface area contributed by atoms with E-state index in [1.54, 1.807) is 18.5 Å². The zero-order valence-electron chi connectivity index (χ0n) is 12.0. The van der Waals surface area contributed by atoms with Crippen LogP contribution in [-0.2, 0) is 20.0 Å². The van der Waals surface area contributed by atoms with E-state index in [0.717, 1.165) is 12.1 Å². The van der Waals surface area contributed by atoms with Gasteiger partial charge >= 0.3 is 48.0 Å². The van der Waals surface area contributed by atoms with Gasteiger partial charge in [-0.3, -0.25) is 0 Å². The number of hydrogen-bond acceptors (Lipinski definition) is 0. The maximum atomic E-state index is 5.71. The van der Waals surface area contributed by atoms with Crippen LogP contribution in [0.4, 0.5) is 0 Å². The molecular weight excluding hydrogens is 476 g/mol. The molecule has 0 aromatic carbocycles. The molecule has 0 unspecified atom stereocenters. The fourth-order valence-corrected chi connectivity index (χ4v) is 5.69. The van der Waals surface area contributed by atoms with E-state index in [1.165, 1.54) is 24.9 Å². The summed E-state index contributed by atoms with van der Waals surface area (Å²) in [5, 5.41) is 0. The fraction of sp³-hybridized carbons (Fsp3) is 1.00. The van der Waals surface area contributed by atoms with Crippen LogP contribution in [0.15, 0.2) is 0 Å². The minimum Gasteiger partial charge on any atom is -1.00 e. The Kier molecular flexibility index (Phi) is 26.1. The molecule has 3 aliphatic rings. The molecule has 0 amide bonds. The minimum absolute atomic E-state index is 0. The van der Waals surface area contributed by atoms with Gasteiger partial charge in [0.1, 0.15) is 8.11 Å². The van der Waals surface area contributed by atoms with Gasteiger partial charge in [0.25, 0.3) is 6.69 Å². The van der Waals surface area contributed by atoms with Crippen molar-refractivity contribution < 1.29 is 40.3 Å². The largest absolute Gasteiger partial charge is 1.00 e. The van der Waals surface area contributed by atoms with Crippen LogP contribution in [0.5, 0.6) is 0 Å². The van der Waals surface area contributed by atoms with Gasteiger partial charge in [0, 0.05) is 9.52 Å². The molecule has 3 rings (SSSR count). The molecule has 0 atom stereocenters. The SMILES string of the molecule is C1C[SiH2]C1.Cl[SiH]1CCC1.Cl[Si]1(Cl)CCC1.[AlH3].[Cl][Ag].[H-].[Li+]. The molecule has 19 heavy (non-hydrogen) atoms. The predicted molar refractivity (Wildman–Crippen MR) is 98.6 cm³/mol. The summed E-state index contributed by atoms with van der Waals surface area (Å²) in [6, 6.07) is 8.30. The van der Waals surface area contributed by atoms with E-state index in [9.17, 15) is 0 Å². The number of rotatable bonds is 0. The summed E-state index contributed by atoms with van der Waals surface area (Å²) in [6.07, 6.45) is 4.24. The third-order valence-corrected chi connectivity index (χ3v) is 12.9. The van der Waals surface area contributed by atoms with E-state index in [2.05, 4.69) is 29.2 Å². The van der Waals surface area contributed by atoms with Crippen molar-refractivity contribution in [1.29, 1.82) is 0 Å². The van der Waals surface area contributed by atoms with Gasteiger partial charge in [0.15, 0.2) is 17.4 Å². The van der Waals surface area contributed by atoms with Crippen molar-refractivity contribution in [2.45, 2.75) is 55.5 Å². The third-order valence-electron chi connectivity index (χ3n) is 3.12. The molecule has 0 aromatic rings. The van der Waals surface area contributed by atoms with Gasteiger partial charge in [-0.15, -0.1) is 22.2 Å². The van der Waals surface area contributed by atoms with Crippen LogP contribution in [0.1, 0.15) is 20.7 Å². The molecule has 3 aliphatic heterocycles. The van der Waals surface area contributed by atoms with Gasteiger partial charge in [-0.2, -0.15) is 11.1 Å². The second kappa shape index (κ2) is 18.0. The van der Waals surface area contributed by atoms with Crippen LogP contribution in [0.25, 0.3) is 0 Å². The molecule has 116 valence electrons. The average molecular weight is 501 g/mol. The summed E-state index contributed by atoms with van der Waals surface area (Å²) in [4.78, 5) is 0. The zero-order valence-corrected chi connectivity index (χ0v) is 19.0. The summed E-state index contributed by atoms with van der Waals surface area (Å²) in [6.45, 7) is -1.51. The second-order valence-corrected chi connectivity index (χ2v) is 18.6. The molecule has 3 fully saturated rings. The molecule has 10 heteroatoms. The molecule has 3 heterocycles. The average Bonchev–Trinajstić information content (AvgIpc) is 2.14. The van der Waals surface area contributed by atoms with E-state index in [0.29, 0.717) is 9.52 Å². The van der Waals surface area contributed by atoms with Crippen molar-refractivity contribution in [3.8, 4) is 0 Å². The number of hydrogen-bond donors (Lipinski definition) is 0. The standard InChI is InChI=1S/C3H6Cl2Si.C3H7ClSi.C3H8Si.Ag.Al.ClH.Li.4H/c4-6(5)2-1-3-6;4-5-2-1-3-5;1-2-4-3-1;;;;;;;;/h1-3H2;5H,1-3H2;1-4H2;;;1H;;;;;/q;;;+1;;;+1;;;;-1/p-1. The predicted octanol–water partition coefficient (Wildman–Crippen LogP) is 0.678. The van der Waals surface area contributed by atoms with Crippen LogP contribution in [0, 0.1) is 0 Å². The van der Waals surface area contributed by atoms with Crippen molar-refractivity contribution >= 4 is 84.1 Å². The molecule has 3 saturated heterocycles. The van der Waals surface area contributed by atoms with Crippen LogP contribution in [0.3, 0.4) is 0 Å². The topological polar surface area (TPSA) is 0 Å². The van der Waals surface area contributed by atoms with Crippen molar-refractivity contribution in [2.24, 2.45) is 0 Å². The van der Waals surface area contributed by atoms with E-state index in [4.69, 9.17) is 33.2 Å². The summed E-state index contributed by atoms with van der Waals surface area (Å²) in [5.41, 5.74) is 0. The van der Waals surface area contributed by atoms with Crippen molar-refractivity contribution in [3.05, 3.63) is 0 Å². The molecule has 0 bridgehead atoms. The van der Waals surface area contributed by atoms with Crippen molar-refractivity contribution in [1.82, 2.24) is 0 Å². The molecular formula is C9H25AgAlCl4LiSi3. The Morgan fingerprint density at radius 2 is 1.26 bits per heavy atom. The first-order chi connectivity index (χ1) is 8.10. The molecule has 0 N–H and O–H groups in total. The van der Waals surface area contributed by atoms with Crippen LogP contribution in [0.2, 0.25) is 36.3 Å². The van der Waals surface area contributed by atoms with E-state index in [-0.39, 0.29) is 37.6 Å². The first-order valence-electron chi connectivity index (χ1n) is 6.23. The first kappa shape index (κ1) is 27.5. The van der Waals surface area contributed by atoms with Crippen molar-refractivity contribution in [2.75, 3.05) is 0 Å². The Hall–Kier alpha value is 3.68. The van der Waals surface area contributed by atoms with Crippen LogP contribution >= 0.6 is 42.4 Å². The van der Waals surface area contributed by atoms with Gasteiger partial charge < -0.3 is 1.43 Å². The van der Waals surface area contributed by atoms with Crippen molar-refractivity contribution in [3.63, 3.8) is 0 Å². The van der Waals surface area contributed by atoms with Gasteiger partial charge in [0.2, 0.25) is 0 Å². The number of halogens is 4. The summed E-state index contributed by atoms with van der Waals surface area (Å²) in [7, 11) is 4.56. The maximum absolute atomic E-state index is 5.71. The van der Waals surface area contributed by atoms with Gasteiger partial charge in [-0.05, 0) is 24.2 Å². The Bertz CT molecular complexity index is 185. The van der Waals surface area contributed by atoms with Crippen LogP contribution in [-0.4, -0.2) is 41.7 Å². The van der Waals surface area contributed by atoms with Gasteiger partial charge in [-0.1, -0.05) is 31.4 Å². The smallest absolute Gasteiger partial charge is 1.00 e. The summed E-state index contributed by atoms with van der Waals surface area (Å²) >= 11 is 19.5. The normalized spacial score (nSPS) is 21.4. The molecule has 0 radical (unpaired) electrons. The minimum atomic E-state index is -1.51. The first-order valence-corrected chi connectivity index (χ1v) is 18.0. The monoisotopic (exact) mass is 498 g/mol. The van der Waals surface area contributed by atoms with Crippen LogP contribution < -0.4 is 18.9 Å². The van der Waals surface area contributed by atoms with Gasteiger partial charge in [-0.25, -0.2) is 0 Å². The van der Waals surface area contributed by atoms with E-state index in [1.807, 2.05) is 0 Å². The second-order valence-electron chi connectivity index (χ2n) is 4.65. The summed E-state index contributed by atoms with van der Waals surface area (Å²) < 4.78 is 0. The quantitative estimate of drug-likeness (QED) is 0.339.